The smallest absolute Gasteiger partial charge is 0.340 e. The van der Waals surface area contributed by atoms with E-state index in [4.69, 9.17) is 10.00 Å². The molecule has 0 saturated heterocycles. The molecule has 1 N–H and O–H groups in total. The lowest BCUT2D eigenvalue weighted by molar-refractivity contribution is -0.115. The number of esters is 1. The number of nitrogens with one attached hydrogen (secondary N) is 1. The van der Waals surface area contributed by atoms with Crippen molar-refractivity contribution < 1.29 is 14.3 Å². The zero-order valence-electron chi connectivity index (χ0n) is 14.2. The number of benzene rings is 1. The van der Waals surface area contributed by atoms with Gasteiger partial charge in [0.1, 0.15) is 6.42 Å². The van der Waals surface area contributed by atoms with Crippen molar-refractivity contribution in [3.05, 3.63) is 60.4 Å². The summed E-state index contributed by atoms with van der Waals surface area (Å²) < 4.78 is 7.09. The zero-order valence-corrected chi connectivity index (χ0v) is 14.2. The third kappa shape index (κ3) is 3.42. The molecule has 0 bridgehead atoms. The van der Waals surface area contributed by atoms with Crippen LogP contribution in [0.15, 0.2) is 54.9 Å². The molecule has 3 aromatic rings. The van der Waals surface area contributed by atoms with Crippen LogP contribution in [0, 0.1) is 11.3 Å². The maximum atomic E-state index is 12.5. The molecule has 0 unspecified atom stereocenters. The fraction of sp³-hybridized carbons (Fsp3) is 0.150. The Morgan fingerprint density at radius 1 is 1.23 bits per heavy atom. The van der Waals surface area contributed by atoms with Crippen LogP contribution in [0.5, 0.6) is 0 Å². The molecule has 0 radical (unpaired) electrons. The third-order valence-corrected chi connectivity index (χ3v) is 3.86. The van der Waals surface area contributed by atoms with Gasteiger partial charge in [-0.3, -0.25) is 4.79 Å². The molecule has 1 amide bonds. The molecule has 0 aliphatic carbocycles. The zero-order chi connectivity index (χ0) is 18.5. The van der Waals surface area contributed by atoms with E-state index in [-0.39, 0.29) is 18.9 Å². The Labute approximate surface area is 150 Å². The van der Waals surface area contributed by atoms with Gasteiger partial charge < -0.3 is 14.5 Å². The molecule has 130 valence electrons. The highest BCUT2D eigenvalue weighted by Crippen LogP contribution is 2.31. The molecule has 2 aromatic heterocycles. The van der Waals surface area contributed by atoms with Crippen molar-refractivity contribution in [3.8, 4) is 17.2 Å². The van der Waals surface area contributed by atoms with Crippen LogP contribution in [0.4, 0.5) is 5.69 Å². The van der Waals surface area contributed by atoms with Gasteiger partial charge in [0.2, 0.25) is 5.91 Å². The molecule has 6 nitrogen and oxygen atoms in total. The van der Waals surface area contributed by atoms with Crippen LogP contribution in [-0.2, 0) is 9.53 Å². The van der Waals surface area contributed by atoms with Gasteiger partial charge in [-0.25, -0.2) is 4.79 Å². The summed E-state index contributed by atoms with van der Waals surface area (Å²) in [5, 5.41) is 11.3. The first kappa shape index (κ1) is 17.2. The van der Waals surface area contributed by atoms with E-state index in [1.165, 1.54) is 0 Å². The lowest BCUT2D eigenvalue weighted by atomic mass is 10.0. The fourth-order valence-electron chi connectivity index (χ4n) is 2.80. The first-order valence-electron chi connectivity index (χ1n) is 8.18. The van der Waals surface area contributed by atoms with Gasteiger partial charge in [-0.15, -0.1) is 0 Å². The Hall–Kier alpha value is -3.59. The Balaban J connectivity index is 2.08. The number of amides is 1. The minimum Gasteiger partial charge on any atom is -0.462 e. The van der Waals surface area contributed by atoms with Gasteiger partial charge in [0.05, 0.1) is 23.8 Å². The van der Waals surface area contributed by atoms with Crippen molar-refractivity contribution in [2.75, 3.05) is 11.9 Å². The maximum Gasteiger partial charge on any atom is 0.340 e. The minimum absolute atomic E-state index is 0.214. The van der Waals surface area contributed by atoms with Gasteiger partial charge in [0, 0.05) is 23.6 Å². The second kappa shape index (κ2) is 7.53. The minimum atomic E-state index is -0.393. The number of aromatic nitrogens is 1. The van der Waals surface area contributed by atoms with Gasteiger partial charge >= 0.3 is 5.97 Å². The van der Waals surface area contributed by atoms with Crippen LogP contribution in [-0.4, -0.2) is 22.9 Å². The highest BCUT2D eigenvalue weighted by Gasteiger charge is 2.20. The van der Waals surface area contributed by atoms with E-state index >= 15 is 0 Å². The summed E-state index contributed by atoms with van der Waals surface area (Å²) in [5.41, 5.74) is 3.28. The number of hydrogen-bond donors (Lipinski definition) is 1. The number of pyridine rings is 1. The molecule has 2 heterocycles. The van der Waals surface area contributed by atoms with Crippen LogP contribution in [0.3, 0.4) is 0 Å². The van der Waals surface area contributed by atoms with E-state index in [9.17, 15) is 9.59 Å². The Kier molecular flexibility index (Phi) is 4.99. The monoisotopic (exact) mass is 347 g/mol. The second-order valence-corrected chi connectivity index (χ2v) is 5.60. The summed E-state index contributed by atoms with van der Waals surface area (Å²) >= 11 is 0. The van der Waals surface area contributed by atoms with E-state index in [1.54, 1.807) is 25.1 Å². The quantitative estimate of drug-likeness (QED) is 0.714. The van der Waals surface area contributed by atoms with Gasteiger partial charge in [-0.05, 0) is 36.8 Å². The van der Waals surface area contributed by atoms with E-state index in [0.717, 1.165) is 11.1 Å². The number of carbonyl (C=O) groups excluding carboxylic acids is 2. The van der Waals surface area contributed by atoms with Crippen molar-refractivity contribution in [2.24, 2.45) is 0 Å². The number of anilines is 1. The number of carbonyl (C=O) groups is 2. The molecular weight excluding hydrogens is 330 g/mol. The second-order valence-electron chi connectivity index (χ2n) is 5.60. The average Bonchev–Trinajstić information content (AvgIpc) is 3.02. The first-order chi connectivity index (χ1) is 12.6. The van der Waals surface area contributed by atoms with Gasteiger partial charge in [-0.2, -0.15) is 5.26 Å². The molecule has 0 spiro atoms. The summed E-state index contributed by atoms with van der Waals surface area (Å²) in [4.78, 5) is 24.2. The predicted molar refractivity (Wildman–Crippen MR) is 97.6 cm³/mol. The standard InChI is InChI=1S/C20H17N3O3/c1-2-26-20(25)19-16(13-23-11-4-3-8-17(19)23)14-6-5-7-15(12-14)22-18(24)9-10-21/h3-8,11-13H,2,9H2,1H3,(H,22,24). The van der Waals surface area contributed by atoms with Crippen LogP contribution >= 0.6 is 0 Å². The van der Waals surface area contributed by atoms with E-state index in [2.05, 4.69) is 5.32 Å². The van der Waals surface area contributed by atoms with E-state index in [0.29, 0.717) is 16.8 Å². The molecule has 0 atom stereocenters. The SMILES string of the molecule is CCOC(=O)c1c(-c2cccc(NC(=O)CC#N)c2)cn2ccccc12. The van der Waals surface area contributed by atoms with Crippen LogP contribution in [0.2, 0.25) is 0 Å². The van der Waals surface area contributed by atoms with Gasteiger partial charge in [0.25, 0.3) is 0 Å². The number of rotatable bonds is 5. The highest BCUT2D eigenvalue weighted by molar-refractivity contribution is 6.05. The van der Waals surface area contributed by atoms with Crippen molar-refractivity contribution in [1.82, 2.24) is 4.40 Å². The molecule has 6 heteroatoms. The van der Waals surface area contributed by atoms with Crippen molar-refractivity contribution >= 4 is 23.1 Å². The highest BCUT2D eigenvalue weighted by atomic mass is 16.5. The molecule has 0 aliphatic rings. The molecule has 3 rings (SSSR count). The van der Waals surface area contributed by atoms with E-state index < -0.39 is 5.97 Å². The summed E-state index contributed by atoms with van der Waals surface area (Å²) in [7, 11) is 0. The summed E-state index contributed by atoms with van der Waals surface area (Å²) in [6.07, 6.45) is 3.51. The average molecular weight is 347 g/mol. The maximum absolute atomic E-state index is 12.5. The summed E-state index contributed by atoms with van der Waals surface area (Å²) in [6, 6.07) is 14.6. The number of nitrogens with zero attached hydrogens (tertiary/aromatic N) is 2. The molecule has 0 fully saturated rings. The Bertz CT molecular complexity index is 1010. The molecule has 1 aromatic carbocycles. The number of fused-ring (bicyclic) bond motifs is 1. The van der Waals surface area contributed by atoms with Gasteiger partial charge in [-0.1, -0.05) is 18.2 Å². The third-order valence-electron chi connectivity index (χ3n) is 3.86. The lowest BCUT2D eigenvalue weighted by Crippen LogP contribution is -2.10. The number of nitriles is 1. The Morgan fingerprint density at radius 3 is 2.85 bits per heavy atom. The predicted octanol–water partition coefficient (Wildman–Crippen LogP) is 3.64. The first-order valence-corrected chi connectivity index (χ1v) is 8.18. The number of hydrogen-bond acceptors (Lipinski definition) is 4. The lowest BCUT2D eigenvalue weighted by Gasteiger charge is -2.08. The fourth-order valence-corrected chi connectivity index (χ4v) is 2.80. The normalized spacial score (nSPS) is 10.3. The Morgan fingerprint density at radius 2 is 2.08 bits per heavy atom. The summed E-state index contributed by atoms with van der Waals surface area (Å²) in [5.74, 6) is -0.771. The van der Waals surface area contributed by atoms with Crippen molar-refractivity contribution in [2.45, 2.75) is 13.3 Å². The van der Waals surface area contributed by atoms with Crippen LogP contribution in [0.25, 0.3) is 16.6 Å². The van der Waals surface area contributed by atoms with Crippen LogP contribution < -0.4 is 5.32 Å². The van der Waals surface area contributed by atoms with Gasteiger partial charge in [0.15, 0.2) is 0 Å². The van der Waals surface area contributed by atoms with Crippen LogP contribution in [0.1, 0.15) is 23.7 Å². The molecule has 26 heavy (non-hydrogen) atoms. The summed E-state index contributed by atoms with van der Waals surface area (Å²) in [6.45, 7) is 2.05. The largest absolute Gasteiger partial charge is 0.462 e. The van der Waals surface area contributed by atoms with E-state index in [1.807, 2.05) is 47.1 Å². The number of ether oxygens (including phenoxy) is 1. The van der Waals surface area contributed by atoms with Crippen molar-refractivity contribution in [3.63, 3.8) is 0 Å². The molecule has 0 saturated carbocycles. The molecule has 0 aliphatic heterocycles. The molecular formula is C20H17N3O3. The van der Waals surface area contributed by atoms with Crippen molar-refractivity contribution in [1.29, 1.82) is 5.26 Å². The topological polar surface area (TPSA) is 83.6 Å².